The van der Waals surface area contributed by atoms with Crippen LogP contribution in [0.25, 0.3) is 0 Å². The number of hydrogen-bond donors (Lipinski definition) is 1. The van der Waals surface area contributed by atoms with Crippen LogP contribution in [0.3, 0.4) is 0 Å². The monoisotopic (exact) mass is 233 g/mol. The highest BCUT2D eigenvalue weighted by atomic mass is 19.4. The molecule has 3 nitrogen and oxygen atoms in total. The van der Waals surface area contributed by atoms with Gasteiger partial charge >= 0.3 is 12.1 Å². The van der Waals surface area contributed by atoms with Crippen LogP contribution in [0.15, 0.2) is 18.3 Å². The molecule has 0 saturated heterocycles. The number of carboxylic acids is 1. The standard InChI is InChI=1S/C10H10F3NO2/c1-6(4-9(15)16)7-2-3-8(14-5-7)10(11,12)13/h2-3,5-6H,4H2,1H3,(H,15,16). The lowest BCUT2D eigenvalue weighted by Gasteiger charge is -2.10. The van der Waals surface area contributed by atoms with Gasteiger partial charge in [0.05, 0.1) is 6.42 Å². The normalized spacial score (nSPS) is 13.5. The molecule has 0 aliphatic carbocycles. The molecule has 1 heterocycles. The van der Waals surface area contributed by atoms with Crippen molar-refractivity contribution < 1.29 is 23.1 Å². The van der Waals surface area contributed by atoms with Gasteiger partial charge in [0.2, 0.25) is 0 Å². The molecule has 1 atom stereocenters. The van der Waals surface area contributed by atoms with Crippen LogP contribution in [-0.2, 0) is 11.0 Å². The number of carbonyl (C=O) groups is 1. The smallest absolute Gasteiger partial charge is 0.433 e. The highest BCUT2D eigenvalue weighted by Crippen LogP contribution is 2.28. The molecule has 0 amide bonds. The zero-order chi connectivity index (χ0) is 12.3. The first-order chi connectivity index (χ1) is 7.30. The van der Waals surface area contributed by atoms with Crippen LogP contribution in [0.2, 0.25) is 0 Å². The van der Waals surface area contributed by atoms with Crippen molar-refractivity contribution >= 4 is 5.97 Å². The van der Waals surface area contributed by atoms with Crippen molar-refractivity contribution in [3.8, 4) is 0 Å². The van der Waals surface area contributed by atoms with Gasteiger partial charge < -0.3 is 5.11 Å². The minimum Gasteiger partial charge on any atom is -0.481 e. The fourth-order valence-electron chi connectivity index (χ4n) is 1.24. The first-order valence-corrected chi connectivity index (χ1v) is 4.55. The third kappa shape index (κ3) is 3.22. The van der Waals surface area contributed by atoms with E-state index in [1.54, 1.807) is 6.92 Å². The first-order valence-electron chi connectivity index (χ1n) is 4.55. The molecule has 6 heteroatoms. The van der Waals surface area contributed by atoms with Gasteiger partial charge in [0.1, 0.15) is 5.69 Å². The van der Waals surface area contributed by atoms with E-state index in [0.717, 1.165) is 12.3 Å². The summed E-state index contributed by atoms with van der Waals surface area (Å²) in [5, 5.41) is 8.53. The van der Waals surface area contributed by atoms with E-state index in [2.05, 4.69) is 4.98 Å². The first kappa shape index (κ1) is 12.5. The molecule has 1 unspecified atom stereocenters. The molecule has 0 bridgehead atoms. The maximum absolute atomic E-state index is 12.2. The zero-order valence-corrected chi connectivity index (χ0v) is 8.45. The zero-order valence-electron chi connectivity index (χ0n) is 8.45. The number of hydrogen-bond acceptors (Lipinski definition) is 2. The van der Waals surface area contributed by atoms with Gasteiger partial charge in [-0.1, -0.05) is 13.0 Å². The molecule has 1 N–H and O–H groups in total. The average Bonchev–Trinajstić information content (AvgIpc) is 2.15. The minimum absolute atomic E-state index is 0.132. The maximum atomic E-state index is 12.2. The second-order valence-corrected chi connectivity index (χ2v) is 3.47. The summed E-state index contributed by atoms with van der Waals surface area (Å²) in [7, 11) is 0. The molecule has 16 heavy (non-hydrogen) atoms. The topological polar surface area (TPSA) is 50.2 Å². The Balaban J connectivity index is 2.83. The summed E-state index contributed by atoms with van der Waals surface area (Å²) in [6, 6.07) is 2.11. The summed E-state index contributed by atoms with van der Waals surface area (Å²) in [6.45, 7) is 1.62. The summed E-state index contributed by atoms with van der Waals surface area (Å²) in [5.74, 6) is -1.35. The van der Waals surface area contributed by atoms with E-state index < -0.39 is 17.8 Å². The molecule has 1 aromatic rings. The quantitative estimate of drug-likeness (QED) is 0.873. The van der Waals surface area contributed by atoms with Crippen molar-refractivity contribution in [2.45, 2.75) is 25.4 Å². The van der Waals surface area contributed by atoms with Crippen LogP contribution < -0.4 is 0 Å². The summed E-state index contributed by atoms with van der Waals surface area (Å²) in [4.78, 5) is 13.7. The van der Waals surface area contributed by atoms with Gasteiger partial charge in [-0.3, -0.25) is 9.78 Å². The Morgan fingerprint density at radius 3 is 2.50 bits per heavy atom. The molecule has 0 saturated carbocycles. The molecule has 88 valence electrons. The van der Waals surface area contributed by atoms with Gasteiger partial charge in [0.15, 0.2) is 0 Å². The molecular weight excluding hydrogens is 223 g/mol. The molecule has 1 rings (SSSR count). The van der Waals surface area contributed by atoms with Crippen molar-refractivity contribution in [3.63, 3.8) is 0 Å². The predicted molar refractivity (Wildman–Crippen MR) is 49.9 cm³/mol. The van der Waals surface area contributed by atoms with Crippen molar-refractivity contribution in [1.82, 2.24) is 4.98 Å². The second kappa shape index (κ2) is 4.51. The van der Waals surface area contributed by atoms with E-state index in [1.807, 2.05) is 0 Å². The van der Waals surface area contributed by atoms with Gasteiger partial charge in [-0.2, -0.15) is 13.2 Å². The number of nitrogens with zero attached hydrogens (tertiary/aromatic N) is 1. The Hall–Kier alpha value is -1.59. The molecule has 0 radical (unpaired) electrons. The summed E-state index contributed by atoms with van der Waals surface area (Å²) >= 11 is 0. The highest BCUT2D eigenvalue weighted by Gasteiger charge is 2.32. The molecule has 0 aliphatic rings. The lowest BCUT2D eigenvalue weighted by Crippen LogP contribution is -2.09. The number of pyridine rings is 1. The number of aliphatic carboxylic acids is 1. The van der Waals surface area contributed by atoms with Crippen LogP contribution in [0.4, 0.5) is 13.2 Å². The Labute approximate surface area is 89.9 Å². The molecule has 0 aliphatic heterocycles. The largest absolute Gasteiger partial charge is 0.481 e. The summed E-state index contributed by atoms with van der Waals surface area (Å²) < 4.78 is 36.5. The Morgan fingerprint density at radius 1 is 1.50 bits per heavy atom. The van der Waals surface area contributed by atoms with Crippen LogP contribution in [0.1, 0.15) is 30.5 Å². The van der Waals surface area contributed by atoms with Gasteiger partial charge in [-0.25, -0.2) is 0 Å². The van der Waals surface area contributed by atoms with Gasteiger partial charge in [-0.05, 0) is 17.5 Å². The Bertz CT molecular complexity index is 373. The van der Waals surface area contributed by atoms with E-state index in [4.69, 9.17) is 5.11 Å². The Morgan fingerprint density at radius 2 is 2.12 bits per heavy atom. The predicted octanol–water partition coefficient (Wildman–Crippen LogP) is 2.68. The Kier molecular flexibility index (Phi) is 3.51. The van der Waals surface area contributed by atoms with E-state index in [0.29, 0.717) is 5.56 Å². The molecule has 0 aromatic carbocycles. The van der Waals surface area contributed by atoms with Gasteiger partial charge in [0.25, 0.3) is 0 Å². The fourth-order valence-corrected chi connectivity index (χ4v) is 1.24. The SMILES string of the molecule is CC(CC(=O)O)c1ccc(C(F)(F)F)nc1. The second-order valence-electron chi connectivity index (χ2n) is 3.47. The summed E-state index contributed by atoms with van der Waals surface area (Å²) in [5.41, 5.74) is -0.492. The van der Waals surface area contributed by atoms with E-state index in [9.17, 15) is 18.0 Å². The molecule has 0 spiro atoms. The molecule has 0 fully saturated rings. The number of halogens is 3. The van der Waals surface area contributed by atoms with Crippen molar-refractivity contribution in [3.05, 3.63) is 29.6 Å². The third-order valence-electron chi connectivity index (χ3n) is 2.13. The van der Waals surface area contributed by atoms with E-state index in [1.165, 1.54) is 6.07 Å². The van der Waals surface area contributed by atoms with Crippen LogP contribution in [0, 0.1) is 0 Å². The van der Waals surface area contributed by atoms with Crippen LogP contribution in [0.5, 0.6) is 0 Å². The van der Waals surface area contributed by atoms with Gasteiger partial charge in [0, 0.05) is 6.20 Å². The van der Waals surface area contributed by atoms with Crippen LogP contribution >= 0.6 is 0 Å². The number of aromatic nitrogens is 1. The average molecular weight is 233 g/mol. The van der Waals surface area contributed by atoms with Gasteiger partial charge in [-0.15, -0.1) is 0 Å². The molecule has 1 aromatic heterocycles. The van der Waals surface area contributed by atoms with E-state index >= 15 is 0 Å². The third-order valence-corrected chi connectivity index (χ3v) is 2.13. The highest BCUT2D eigenvalue weighted by molar-refractivity contribution is 5.67. The minimum atomic E-state index is -4.46. The van der Waals surface area contributed by atoms with E-state index in [-0.39, 0.29) is 12.3 Å². The van der Waals surface area contributed by atoms with Crippen molar-refractivity contribution in [1.29, 1.82) is 0 Å². The molecular formula is C10H10F3NO2. The van der Waals surface area contributed by atoms with Crippen molar-refractivity contribution in [2.75, 3.05) is 0 Å². The number of carboxylic acid groups (broad SMARTS) is 1. The lowest BCUT2D eigenvalue weighted by atomic mass is 9.99. The summed E-state index contributed by atoms with van der Waals surface area (Å²) in [6.07, 6.45) is -3.53. The number of rotatable bonds is 3. The maximum Gasteiger partial charge on any atom is 0.433 e. The number of alkyl halides is 3. The van der Waals surface area contributed by atoms with Crippen molar-refractivity contribution in [2.24, 2.45) is 0 Å². The van der Waals surface area contributed by atoms with Crippen LogP contribution in [-0.4, -0.2) is 16.1 Å². The fraction of sp³-hybridized carbons (Fsp3) is 0.400. The lowest BCUT2D eigenvalue weighted by molar-refractivity contribution is -0.141.